The van der Waals surface area contributed by atoms with E-state index in [1.54, 1.807) is 0 Å². The van der Waals surface area contributed by atoms with E-state index >= 15 is 0 Å². The topological polar surface area (TPSA) is 94.1 Å². The lowest BCUT2D eigenvalue weighted by Gasteiger charge is -2.28. The monoisotopic (exact) mass is 1030 g/mol. The summed E-state index contributed by atoms with van der Waals surface area (Å²) in [5.74, 6) is -0.373. The van der Waals surface area contributed by atoms with Gasteiger partial charge in [-0.15, -0.1) is 0 Å². The number of unbranched alkanes of at least 4 members (excludes halogenated alkanes) is 13. The minimum absolute atomic E-state index is 0.00928. The Kier molecular flexibility index (Phi) is 51.9. The molecule has 0 rings (SSSR count). The number of carbonyl (C=O) groups is 1. The maximum atomic E-state index is 12.8. The van der Waals surface area contributed by atoms with Crippen molar-refractivity contribution in [2.24, 2.45) is 0 Å². The third-order valence-corrected chi connectivity index (χ3v) is 12.4. The Morgan fingerprint density at radius 2 is 0.753 bits per heavy atom. The van der Waals surface area contributed by atoms with E-state index < -0.39 is 13.9 Å². The summed E-state index contributed by atoms with van der Waals surface area (Å²) in [6.07, 6.45) is 81.7. The van der Waals surface area contributed by atoms with Crippen molar-refractivity contribution >= 4 is 13.8 Å². The molecule has 0 heterocycles. The number of carbonyl (C=O) groups excluding carboxylic acids is 1. The molecule has 0 saturated heterocycles. The average Bonchev–Trinajstić information content (AvgIpc) is 3.35. The molecule has 0 spiro atoms. The Morgan fingerprint density at radius 3 is 1.12 bits per heavy atom. The maximum absolute atomic E-state index is 12.8. The molecular weight excluding hydrogens is 926 g/mol. The van der Waals surface area contributed by atoms with Crippen LogP contribution >= 0.6 is 7.82 Å². The molecule has 0 aromatic rings. The number of nitrogens with zero attached hydrogens (tertiary/aromatic N) is 1. The van der Waals surface area contributed by atoms with Gasteiger partial charge >= 0.3 is 5.97 Å². The van der Waals surface area contributed by atoms with Crippen molar-refractivity contribution in [1.29, 1.82) is 0 Å². The quantitative estimate of drug-likeness (QED) is 0.0197. The standard InChI is InChI=1S/C64H106NO7P/c1-6-8-10-12-14-16-18-20-22-24-26-28-30-32-34-36-38-40-42-44-46-48-50-52-54-56-59-69-61-63(62-71-73(67,68)70-60-58-65(3,4)5)72-64(66)57-55-53-51-49-47-45-43-41-39-37-35-33-31-29-27-25-23-21-19-17-15-13-11-9-7-2/h8-11,14-17,20-23,26-29,32-35,39,41,45,47,63H,6-7,12-13,18-19,24-25,30-31,36-38,40,42-44,46,48-62H2,1-5H3/b10-8-,11-9-,16-14-,17-15-,22-20-,23-21-,28-26-,29-27-,34-32-,35-33-,41-39-,47-45-. The van der Waals surface area contributed by atoms with Crippen LogP contribution in [-0.2, 0) is 27.9 Å². The first kappa shape index (κ1) is 69.4. The molecule has 0 aromatic heterocycles. The summed E-state index contributed by atoms with van der Waals surface area (Å²) in [6, 6.07) is 0. The van der Waals surface area contributed by atoms with Crippen LogP contribution in [0, 0.1) is 0 Å². The first-order valence-corrected chi connectivity index (χ1v) is 30.0. The number of hydrogen-bond donors (Lipinski definition) is 0. The highest BCUT2D eigenvalue weighted by atomic mass is 31.2. The third-order valence-electron chi connectivity index (χ3n) is 11.4. The van der Waals surface area contributed by atoms with E-state index in [0.29, 0.717) is 24.1 Å². The molecule has 0 saturated carbocycles. The van der Waals surface area contributed by atoms with Crippen LogP contribution in [0.1, 0.15) is 194 Å². The van der Waals surface area contributed by atoms with E-state index in [0.717, 1.165) is 116 Å². The summed E-state index contributed by atoms with van der Waals surface area (Å²) in [4.78, 5) is 25.3. The smallest absolute Gasteiger partial charge is 0.306 e. The Balaban J connectivity index is 4.22. The highest BCUT2D eigenvalue weighted by molar-refractivity contribution is 7.45. The SMILES string of the molecule is CC/C=C\C/C=C\C/C=C\C/C=C\C/C=C\C/C=C\C/C=C\CCCCCC(=O)OC(COCCCCCCCCCCCC/C=C\C/C=C\C/C=C\C/C=C\C/C=C\CC)COP(=O)([O-])OCC[N+](C)(C)C. The first-order chi connectivity index (χ1) is 35.6. The van der Waals surface area contributed by atoms with Crippen LogP contribution in [0.4, 0.5) is 0 Å². The molecule has 0 radical (unpaired) electrons. The van der Waals surface area contributed by atoms with Crippen molar-refractivity contribution in [3.63, 3.8) is 0 Å². The van der Waals surface area contributed by atoms with Crippen LogP contribution in [0.5, 0.6) is 0 Å². The lowest BCUT2D eigenvalue weighted by Crippen LogP contribution is -2.37. The summed E-state index contributed by atoms with van der Waals surface area (Å²) in [5.41, 5.74) is 0. The summed E-state index contributed by atoms with van der Waals surface area (Å²) in [5, 5.41) is 0. The molecule has 414 valence electrons. The van der Waals surface area contributed by atoms with Gasteiger partial charge in [-0.1, -0.05) is 217 Å². The summed E-state index contributed by atoms with van der Waals surface area (Å²) >= 11 is 0. The average molecular weight is 1030 g/mol. The number of rotatable bonds is 51. The van der Waals surface area contributed by atoms with E-state index in [2.05, 4.69) is 160 Å². The second kappa shape index (κ2) is 54.6. The van der Waals surface area contributed by atoms with Gasteiger partial charge in [-0.25, -0.2) is 0 Å². The number of quaternary nitrogens is 1. The van der Waals surface area contributed by atoms with Crippen LogP contribution in [0.15, 0.2) is 146 Å². The van der Waals surface area contributed by atoms with Gasteiger partial charge in [-0.05, 0) is 116 Å². The van der Waals surface area contributed by atoms with Gasteiger partial charge in [0.25, 0.3) is 7.82 Å². The van der Waals surface area contributed by atoms with Crippen LogP contribution in [0.3, 0.4) is 0 Å². The van der Waals surface area contributed by atoms with Crippen LogP contribution in [0.25, 0.3) is 0 Å². The van der Waals surface area contributed by atoms with Gasteiger partial charge in [0, 0.05) is 13.0 Å². The van der Waals surface area contributed by atoms with Gasteiger partial charge in [0.05, 0.1) is 34.4 Å². The van der Waals surface area contributed by atoms with Crippen LogP contribution in [-0.4, -0.2) is 70.7 Å². The van der Waals surface area contributed by atoms with Crippen molar-refractivity contribution in [3.05, 3.63) is 146 Å². The number of likely N-dealkylation sites (N-methyl/N-ethyl adjacent to an activating group) is 1. The maximum Gasteiger partial charge on any atom is 0.306 e. The van der Waals surface area contributed by atoms with E-state index in [1.165, 1.54) is 51.4 Å². The Labute approximate surface area is 448 Å². The van der Waals surface area contributed by atoms with Gasteiger partial charge in [0.1, 0.15) is 19.3 Å². The minimum atomic E-state index is -4.56. The Morgan fingerprint density at radius 1 is 0.425 bits per heavy atom. The lowest BCUT2D eigenvalue weighted by atomic mass is 10.1. The molecule has 0 bridgehead atoms. The number of allylic oxidation sites excluding steroid dienone is 24. The van der Waals surface area contributed by atoms with E-state index in [1.807, 2.05) is 21.1 Å². The van der Waals surface area contributed by atoms with E-state index in [-0.39, 0.29) is 32.2 Å². The summed E-state index contributed by atoms with van der Waals surface area (Å²) < 4.78 is 34.8. The van der Waals surface area contributed by atoms with Crippen molar-refractivity contribution in [2.75, 3.05) is 54.1 Å². The van der Waals surface area contributed by atoms with E-state index in [4.69, 9.17) is 18.5 Å². The number of esters is 1. The number of ether oxygens (including phenoxy) is 2. The molecule has 2 unspecified atom stereocenters. The zero-order valence-electron chi connectivity index (χ0n) is 47.0. The molecule has 0 amide bonds. The van der Waals surface area contributed by atoms with Gasteiger partial charge in [0.15, 0.2) is 0 Å². The van der Waals surface area contributed by atoms with Gasteiger partial charge in [-0.3, -0.25) is 9.36 Å². The molecule has 8 nitrogen and oxygen atoms in total. The molecule has 0 N–H and O–H groups in total. The van der Waals surface area contributed by atoms with Crippen molar-refractivity contribution in [2.45, 2.75) is 200 Å². The molecule has 0 aliphatic heterocycles. The number of phosphoric acid groups is 1. The Hall–Kier alpha value is -3.62. The molecule has 73 heavy (non-hydrogen) atoms. The Bertz CT molecular complexity index is 1670. The van der Waals surface area contributed by atoms with E-state index in [9.17, 15) is 14.3 Å². The lowest BCUT2D eigenvalue weighted by molar-refractivity contribution is -0.870. The zero-order valence-corrected chi connectivity index (χ0v) is 47.9. The molecule has 0 fully saturated rings. The molecular formula is C64H106NO7P. The first-order valence-electron chi connectivity index (χ1n) is 28.6. The highest BCUT2D eigenvalue weighted by Crippen LogP contribution is 2.38. The third kappa shape index (κ3) is 59.1. The summed E-state index contributed by atoms with van der Waals surface area (Å²) in [6.45, 7) is 5.10. The number of phosphoric ester groups is 1. The van der Waals surface area contributed by atoms with Crippen molar-refractivity contribution in [3.8, 4) is 0 Å². The highest BCUT2D eigenvalue weighted by Gasteiger charge is 2.20. The molecule has 2 atom stereocenters. The second-order valence-electron chi connectivity index (χ2n) is 19.5. The fourth-order valence-corrected chi connectivity index (χ4v) is 7.81. The molecule has 0 aliphatic carbocycles. The van der Waals surface area contributed by atoms with Gasteiger partial charge in [0.2, 0.25) is 0 Å². The molecule has 9 heteroatoms. The molecule has 0 aromatic carbocycles. The van der Waals surface area contributed by atoms with Crippen LogP contribution in [0.2, 0.25) is 0 Å². The van der Waals surface area contributed by atoms with Gasteiger partial charge < -0.3 is 27.9 Å². The summed E-state index contributed by atoms with van der Waals surface area (Å²) in [7, 11) is 1.31. The minimum Gasteiger partial charge on any atom is -0.756 e. The zero-order chi connectivity index (χ0) is 53.3. The van der Waals surface area contributed by atoms with Crippen molar-refractivity contribution in [1.82, 2.24) is 0 Å². The number of hydrogen-bond acceptors (Lipinski definition) is 7. The predicted octanol–water partition coefficient (Wildman–Crippen LogP) is 17.8. The van der Waals surface area contributed by atoms with Gasteiger partial charge in [-0.2, -0.15) is 0 Å². The predicted molar refractivity (Wildman–Crippen MR) is 313 cm³/mol. The largest absolute Gasteiger partial charge is 0.756 e. The molecule has 0 aliphatic rings. The van der Waals surface area contributed by atoms with Crippen molar-refractivity contribution < 1.29 is 37.3 Å². The normalized spacial score (nSPS) is 14.5. The fraction of sp³-hybridized carbons (Fsp3) is 0.609. The fourth-order valence-electron chi connectivity index (χ4n) is 7.08. The van der Waals surface area contributed by atoms with Crippen LogP contribution < -0.4 is 4.89 Å². The second-order valence-corrected chi connectivity index (χ2v) is 20.9.